The number of rotatable bonds is 3. The predicted octanol–water partition coefficient (Wildman–Crippen LogP) is 5.52. The van der Waals surface area contributed by atoms with Crippen molar-refractivity contribution in [2.75, 3.05) is 0 Å². The number of fused-ring (bicyclic) bond motifs is 1. The van der Waals surface area contributed by atoms with Crippen LogP contribution >= 0.6 is 0 Å². The van der Waals surface area contributed by atoms with Crippen molar-refractivity contribution in [1.82, 2.24) is 9.97 Å². The Balaban J connectivity index is 2.07. The Hall–Kier alpha value is -3.29. The smallest absolute Gasteiger partial charge is 0.331 e. The summed E-state index contributed by atoms with van der Waals surface area (Å²) in [5, 5.41) is 0. The number of aryl methyl sites for hydroxylation is 1. The molecule has 3 aromatic rings. The Morgan fingerprint density at radius 1 is 1.00 bits per heavy atom. The average Bonchev–Trinajstić information content (AvgIpc) is 2.65. The van der Waals surface area contributed by atoms with Crippen molar-refractivity contribution in [1.29, 1.82) is 0 Å². The molecule has 0 spiro atoms. The number of carbonyl (C=O) groups excluding carboxylic acids is 1. The SMILES string of the molecule is Cc1ccc2nc(-c3c(F)c(F)c(/C=C/C(=O)OC(C)(C)C)c(F)c3F)cnc2c1. The van der Waals surface area contributed by atoms with Gasteiger partial charge in [-0.25, -0.2) is 27.3 Å². The lowest BCUT2D eigenvalue weighted by Gasteiger charge is -2.18. The van der Waals surface area contributed by atoms with Crippen molar-refractivity contribution >= 4 is 23.1 Å². The number of carbonyl (C=O) groups is 1. The summed E-state index contributed by atoms with van der Waals surface area (Å²) in [4.78, 5) is 19.8. The number of esters is 1. The highest BCUT2D eigenvalue weighted by Crippen LogP contribution is 2.32. The molecule has 8 heteroatoms. The Morgan fingerprint density at radius 2 is 1.63 bits per heavy atom. The van der Waals surface area contributed by atoms with Crippen molar-refractivity contribution < 1.29 is 27.1 Å². The van der Waals surface area contributed by atoms with Gasteiger partial charge in [0.05, 0.1) is 34.1 Å². The molecular formula is C22H18F4N2O2. The fourth-order valence-electron chi connectivity index (χ4n) is 2.75. The number of hydrogen-bond donors (Lipinski definition) is 0. The van der Waals surface area contributed by atoms with Crippen molar-refractivity contribution in [3.05, 3.63) is 64.9 Å². The second-order valence-corrected chi connectivity index (χ2v) is 7.66. The van der Waals surface area contributed by atoms with Gasteiger partial charge >= 0.3 is 5.97 Å². The van der Waals surface area contributed by atoms with Gasteiger partial charge < -0.3 is 4.74 Å². The van der Waals surface area contributed by atoms with Crippen LogP contribution in [0.2, 0.25) is 0 Å². The van der Waals surface area contributed by atoms with E-state index in [-0.39, 0.29) is 5.69 Å². The molecule has 0 bridgehead atoms. The van der Waals surface area contributed by atoms with Crippen LogP contribution in [0.5, 0.6) is 0 Å². The largest absolute Gasteiger partial charge is 0.457 e. The van der Waals surface area contributed by atoms with Crippen molar-refractivity contribution in [3.63, 3.8) is 0 Å². The summed E-state index contributed by atoms with van der Waals surface area (Å²) in [6.07, 6.45) is 2.37. The summed E-state index contributed by atoms with van der Waals surface area (Å²) < 4.78 is 63.3. The summed E-state index contributed by atoms with van der Waals surface area (Å²) in [5.41, 5.74) is -1.53. The van der Waals surface area contributed by atoms with Gasteiger partial charge in [0.25, 0.3) is 0 Å². The zero-order valence-electron chi connectivity index (χ0n) is 16.7. The lowest BCUT2D eigenvalue weighted by atomic mass is 10.0. The van der Waals surface area contributed by atoms with Crippen molar-refractivity contribution in [3.8, 4) is 11.3 Å². The van der Waals surface area contributed by atoms with E-state index in [1.54, 1.807) is 39.0 Å². The number of benzene rings is 2. The Kier molecular flexibility index (Phi) is 5.61. The molecule has 0 atom stereocenters. The van der Waals surface area contributed by atoms with Crippen LogP contribution in [-0.2, 0) is 9.53 Å². The zero-order valence-corrected chi connectivity index (χ0v) is 16.7. The van der Waals surface area contributed by atoms with E-state index in [4.69, 9.17) is 4.74 Å². The highest BCUT2D eigenvalue weighted by Gasteiger charge is 2.26. The normalized spacial score (nSPS) is 12.0. The molecule has 0 aliphatic heterocycles. The molecule has 0 amide bonds. The molecule has 1 heterocycles. The molecule has 0 saturated heterocycles. The minimum absolute atomic E-state index is 0.312. The maximum atomic E-state index is 14.6. The first-order valence-corrected chi connectivity index (χ1v) is 8.98. The lowest BCUT2D eigenvalue weighted by Crippen LogP contribution is -2.22. The molecule has 1 aromatic heterocycles. The van der Waals surface area contributed by atoms with Gasteiger partial charge in [-0.15, -0.1) is 0 Å². The van der Waals surface area contributed by atoms with Crippen LogP contribution < -0.4 is 0 Å². The van der Waals surface area contributed by atoms with E-state index in [1.807, 2.05) is 6.92 Å². The van der Waals surface area contributed by atoms with Crippen LogP contribution in [0.1, 0.15) is 31.9 Å². The topological polar surface area (TPSA) is 52.1 Å². The molecule has 30 heavy (non-hydrogen) atoms. The van der Waals surface area contributed by atoms with Gasteiger partial charge in [0, 0.05) is 6.08 Å². The standard InChI is InChI=1S/C22H18F4N2O2/c1-11-5-7-13-14(9-11)27-10-15(28-13)17-20(25)18(23)12(19(24)21(17)26)6-8-16(29)30-22(2,3)4/h5-10H,1-4H3/b8-6+. The first-order valence-electron chi connectivity index (χ1n) is 8.98. The quantitative estimate of drug-likeness (QED) is 0.243. The third kappa shape index (κ3) is 4.32. The van der Waals surface area contributed by atoms with E-state index in [1.165, 1.54) is 0 Å². The van der Waals surface area contributed by atoms with Gasteiger partial charge in [0.2, 0.25) is 0 Å². The summed E-state index contributed by atoms with van der Waals surface area (Å²) in [6.45, 7) is 6.63. The highest BCUT2D eigenvalue weighted by molar-refractivity contribution is 5.87. The van der Waals surface area contributed by atoms with Crippen LogP contribution in [-0.4, -0.2) is 21.5 Å². The first-order chi connectivity index (χ1) is 14.0. The van der Waals surface area contributed by atoms with Crippen LogP contribution in [0, 0.1) is 30.2 Å². The monoisotopic (exact) mass is 418 g/mol. The number of halogens is 4. The van der Waals surface area contributed by atoms with E-state index in [0.29, 0.717) is 23.2 Å². The van der Waals surface area contributed by atoms with Crippen molar-refractivity contribution in [2.24, 2.45) is 0 Å². The van der Waals surface area contributed by atoms with Crippen molar-refractivity contribution in [2.45, 2.75) is 33.3 Å². The summed E-state index contributed by atoms with van der Waals surface area (Å²) in [5.74, 6) is -7.51. The van der Waals surface area contributed by atoms with E-state index in [0.717, 1.165) is 11.8 Å². The number of nitrogens with zero attached hydrogens (tertiary/aromatic N) is 2. The number of hydrogen-bond acceptors (Lipinski definition) is 4. The molecule has 0 unspecified atom stereocenters. The molecule has 0 aliphatic rings. The zero-order chi connectivity index (χ0) is 22.2. The van der Waals surface area contributed by atoms with Crippen LogP contribution in [0.3, 0.4) is 0 Å². The Morgan fingerprint density at radius 3 is 2.23 bits per heavy atom. The van der Waals surface area contributed by atoms with E-state index < -0.39 is 46.0 Å². The van der Waals surface area contributed by atoms with E-state index >= 15 is 0 Å². The minimum Gasteiger partial charge on any atom is -0.457 e. The van der Waals surface area contributed by atoms with Gasteiger partial charge in [0.15, 0.2) is 23.3 Å². The third-order valence-corrected chi connectivity index (χ3v) is 4.04. The van der Waals surface area contributed by atoms with Gasteiger partial charge in [0.1, 0.15) is 5.60 Å². The molecule has 156 valence electrons. The molecule has 4 nitrogen and oxygen atoms in total. The molecule has 3 rings (SSSR count). The molecule has 0 N–H and O–H groups in total. The minimum atomic E-state index is -1.66. The Labute approximate surface area is 170 Å². The van der Waals surface area contributed by atoms with Crippen LogP contribution in [0.25, 0.3) is 28.4 Å². The number of aromatic nitrogens is 2. The average molecular weight is 418 g/mol. The summed E-state index contributed by atoms with van der Waals surface area (Å²) in [6, 6.07) is 5.02. The van der Waals surface area contributed by atoms with E-state index in [2.05, 4.69) is 9.97 Å². The summed E-state index contributed by atoms with van der Waals surface area (Å²) in [7, 11) is 0. The maximum Gasteiger partial charge on any atom is 0.331 e. The van der Waals surface area contributed by atoms with Gasteiger partial charge in [-0.1, -0.05) is 6.07 Å². The first kappa shape index (κ1) is 21.4. The molecule has 0 radical (unpaired) electrons. The van der Waals surface area contributed by atoms with Gasteiger partial charge in [-0.05, 0) is 51.5 Å². The third-order valence-electron chi connectivity index (χ3n) is 4.04. The lowest BCUT2D eigenvalue weighted by molar-refractivity contribution is -0.148. The molecule has 0 saturated carbocycles. The Bertz CT molecular complexity index is 1150. The molecule has 0 fully saturated rings. The fraction of sp³-hybridized carbons (Fsp3) is 0.227. The van der Waals surface area contributed by atoms with E-state index in [9.17, 15) is 22.4 Å². The predicted molar refractivity (Wildman–Crippen MR) is 104 cm³/mol. The second-order valence-electron chi connectivity index (χ2n) is 7.66. The molecule has 0 aliphatic carbocycles. The van der Waals surface area contributed by atoms with Gasteiger partial charge in [-0.2, -0.15) is 0 Å². The summed E-state index contributed by atoms with van der Waals surface area (Å²) >= 11 is 0. The molecular weight excluding hydrogens is 400 g/mol. The van der Waals surface area contributed by atoms with Gasteiger partial charge in [-0.3, -0.25) is 4.98 Å². The highest BCUT2D eigenvalue weighted by atomic mass is 19.2. The maximum absolute atomic E-state index is 14.6. The van der Waals surface area contributed by atoms with Crippen LogP contribution in [0.15, 0.2) is 30.5 Å². The fourth-order valence-corrected chi connectivity index (χ4v) is 2.75. The second kappa shape index (κ2) is 7.85. The molecule has 2 aromatic carbocycles. The van der Waals surface area contributed by atoms with Crippen LogP contribution in [0.4, 0.5) is 17.6 Å². The number of ether oxygens (including phenoxy) is 1.